The number of benzene rings is 1. The van der Waals surface area contributed by atoms with Gasteiger partial charge in [-0.2, -0.15) is 0 Å². The number of carbonyl (C=O) groups is 1. The van der Waals surface area contributed by atoms with Gasteiger partial charge in [0.2, 0.25) is 11.8 Å². The van der Waals surface area contributed by atoms with Gasteiger partial charge in [-0.15, -0.1) is 10.2 Å². The van der Waals surface area contributed by atoms with Crippen LogP contribution < -0.4 is 9.64 Å². The van der Waals surface area contributed by atoms with Crippen molar-refractivity contribution in [3.63, 3.8) is 0 Å². The van der Waals surface area contributed by atoms with Crippen molar-refractivity contribution in [1.82, 2.24) is 15.1 Å². The summed E-state index contributed by atoms with van der Waals surface area (Å²) in [7, 11) is 3.84. The summed E-state index contributed by atoms with van der Waals surface area (Å²) in [5, 5.41) is 8.24. The number of rotatable bonds is 5. The lowest BCUT2D eigenvalue weighted by molar-refractivity contribution is -0.133. The number of piperidine rings is 1. The molecule has 0 bridgehead atoms. The summed E-state index contributed by atoms with van der Waals surface area (Å²) in [4.78, 5) is 16.3. The molecule has 6 heteroatoms. The minimum atomic E-state index is -0.0343. The van der Waals surface area contributed by atoms with Crippen LogP contribution >= 0.6 is 0 Å². The van der Waals surface area contributed by atoms with Crippen LogP contribution in [0.2, 0.25) is 0 Å². The average molecular weight is 340 g/mol. The van der Waals surface area contributed by atoms with Crippen molar-refractivity contribution in [3.8, 4) is 5.88 Å². The van der Waals surface area contributed by atoms with Gasteiger partial charge in [0.1, 0.15) is 6.10 Å². The maximum absolute atomic E-state index is 12.5. The first-order valence-electron chi connectivity index (χ1n) is 8.61. The summed E-state index contributed by atoms with van der Waals surface area (Å²) in [6.07, 6.45) is 2.26. The molecule has 0 radical (unpaired) electrons. The molecule has 1 aliphatic heterocycles. The average Bonchev–Trinajstić information content (AvgIpc) is 2.63. The Labute approximate surface area is 148 Å². The number of ether oxygens (including phenoxy) is 1. The highest BCUT2D eigenvalue weighted by Gasteiger charge is 2.25. The van der Waals surface area contributed by atoms with E-state index in [1.807, 2.05) is 66.4 Å². The zero-order valence-electron chi connectivity index (χ0n) is 14.8. The van der Waals surface area contributed by atoms with E-state index >= 15 is 0 Å². The normalized spacial score (nSPS) is 17.2. The van der Waals surface area contributed by atoms with E-state index < -0.39 is 0 Å². The number of carbonyl (C=O) groups excluding carboxylic acids is 1. The molecule has 1 amide bonds. The second kappa shape index (κ2) is 7.96. The van der Waals surface area contributed by atoms with Gasteiger partial charge < -0.3 is 14.5 Å². The Morgan fingerprint density at radius 3 is 2.68 bits per heavy atom. The molecule has 0 spiro atoms. The summed E-state index contributed by atoms with van der Waals surface area (Å²) in [6.45, 7) is 1.39. The first kappa shape index (κ1) is 17.2. The van der Waals surface area contributed by atoms with Crippen LogP contribution in [-0.2, 0) is 11.2 Å². The maximum atomic E-state index is 12.5. The van der Waals surface area contributed by atoms with Gasteiger partial charge >= 0.3 is 0 Å². The Kier molecular flexibility index (Phi) is 5.48. The molecular weight excluding hydrogens is 316 g/mol. The van der Waals surface area contributed by atoms with E-state index in [-0.39, 0.29) is 12.0 Å². The van der Waals surface area contributed by atoms with Crippen LogP contribution in [0.25, 0.3) is 0 Å². The molecule has 3 rings (SSSR count). The van der Waals surface area contributed by atoms with E-state index in [0.29, 0.717) is 18.8 Å². The van der Waals surface area contributed by atoms with Gasteiger partial charge in [0.05, 0.1) is 13.0 Å². The maximum Gasteiger partial charge on any atom is 0.233 e. The lowest BCUT2D eigenvalue weighted by atomic mass is 10.1. The molecule has 25 heavy (non-hydrogen) atoms. The van der Waals surface area contributed by atoms with E-state index in [1.165, 1.54) is 0 Å². The van der Waals surface area contributed by atoms with Crippen molar-refractivity contribution in [2.45, 2.75) is 25.4 Å². The van der Waals surface area contributed by atoms with Crippen molar-refractivity contribution in [2.75, 3.05) is 32.1 Å². The van der Waals surface area contributed by atoms with Crippen LogP contribution in [0.15, 0.2) is 42.5 Å². The molecule has 2 aromatic rings. The number of aromatic nitrogens is 2. The quantitative estimate of drug-likeness (QED) is 0.835. The van der Waals surface area contributed by atoms with Crippen LogP contribution in [0, 0.1) is 0 Å². The Balaban J connectivity index is 1.56. The molecule has 1 aromatic carbocycles. The molecule has 0 aliphatic carbocycles. The number of hydrogen-bond donors (Lipinski definition) is 0. The largest absolute Gasteiger partial charge is 0.471 e. The molecule has 1 atom stereocenters. The number of nitrogens with zero attached hydrogens (tertiary/aromatic N) is 4. The minimum absolute atomic E-state index is 0.0343. The number of anilines is 1. The Morgan fingerprint density at radius 1 is 1.20 bits per heavy atom. The predicted molar refractivity (Wildman–Crippen MR) is 96.7 cm³/mol. The van der Waals surface area contributed by atoms with E-state index in [4.69, 9.17) is 4.74 Å². The molecule has 1 saturated heterocycles. The topological polar surface area (TPSA) is 58.6 Å². The van der Waals surface area contributed by atoms with E-state index in [0.717, 1.165) is 30.8 Å². The number of amides is 1. The van der Waals surface area contributed by atoms with Crippen LogP contribution in [0.1, 0.15) is 18.4 Å². The highest BCUT2D eigenvalue weighted by atomic mass is 16.5. The summed E-state index contributed by atoms with van der Waals surface area (Å²) >= 11 is 0. The molecule has 2 heterocycles. The third-order valence-electron chi connectivity index (χ3n) is 4.30. The molecule has 1 unspecified atom stereocenters. The second-order valence-corrected chi connectivity index (χ2v) is 6.51. The lowest BCUT2D eigenvalue weighted by Gasteiger charge is -2.32. The summed E-state index contributed by atoms with van der Waals surface area (Å²) < 4.78 is 5.93. The summed E-state index contributed by atoms with van der Waals surface area (Å²) in [5.41, 5.74) is 1.04. The molecule has 1 fully saturated rings. The number of likely N-dealkylation sites (tertiary alicyclic amines) is 1. The molecular formula is C19H24N4O2. The monoisotopic (exact) mass is 340 g/mol. The fourth-order valence-corrected chi connectivity index (χ4v) is 2.93. The third-order valence-corrected chi connectivity index (χ3v) is 4.30. The molecule has 132 valence electrons. The van der Waals surface area contributed by atoms with E-state index in [9.17, 15) is 4.79 Å². The fourth-order valence-electron chi connectivity index (χ4n) is 2.93. The van der Waals surface area contributed by atoms with Crippen LogP contribution in [0.3, 0.4) is 0 Å². The molecule has 1 aliphatic rings. The Hall–Kier alpha value is -2.63. The van der Waals surface area contributed by atoms with E-state index in [2.05, 4.69) is 10.2 Å². The lowest BCUT2D eigenvalue weighted by Crippen LogP contribution is -2.45. The van der Waals surface area contributed by atoms with Crippen LogP contribution in [0.5, 0.6) is 5.88 Å². The van der Waals surface area contributed by atoms with E-state index in [1.54, 1.807) is 0 Å². The zero-order valence-corrected chi connectivity index (χ0v) is 14.8. The van der Waals surface area contributed by atoms with Gasteiger partial charge in [-0.05, 0) is 24.5 Å². The smallest absolute Gasteiger partial charge is 0.233 e. The SMILES string of the molecule is CN(C)c1ccc(OC2CCCN(C(=O)Cc3ccccc3)C2)nn1. The second-order valence-electron chi connectivity index (χ2n) is 6.51. The standard InChI is InChI=1S/C19H24N4O2/c1-22(2)17-10-11-18(21-20-17)25-16-9-6-12-23(14-16)19(24)13-15-7-4-3-5-8-15/h3-5,7-8,10-11,16H,6,9,12-14H2,1-2H3. The number of hydrogen-bond acceptors (Lipinski definition) is 5. The van der Waals surface area contributed by atoms with Gasteiger partial charge in [0, 0.05) is 26.7 Å². The van der Waals surface area contributed by atoms with Crippen molar-refractivity contribution < 1.29 is 9.53 Å². The van der Waals surface area contributed by atoms with Gasteiger partial charge in [-0.25, -0.2) is 0 Å². The zero-order chi connectivity index (χ0) is 17.6. The van der Waals surface area contributed by atoms with Crippen molar-refractivity contribution in [1.29, 1.82) is 0 Å². The van der Waals surface area contributed by atoms with Gasteiger partial charge in [-0.3, -0.25) is 4.79 Å². The van der Waals surface area contributed by atoms with Crippen molar-refractivity contribution in [3.05, 3.63) is 48.0 Å². The Bertz CT molecular complexity index is 688. The van der Waals surface area contributed by atoms with Gasteiger partial charge in [0.15, 0.2) is 5.82 Å². The third kappa shape index (κ3) is 4.68. The first-order valence-corrected chi connectivity index (χ1v) is 8.61. The Morgan fingerprint density at radius 2 is 2.00 bits per heavy atom. The van der Waals surface area contributed by atoms with Crippen molar-refractivity contribution in [2.24, 2.45) is 0 Å². The molecule has 0 saturated carbocycles. The highest BCUT2D eigenvalue weighted by Crippen LogP contribution is 2.18. The molecule has 6 nitrogen and oxygen atoms in total. The summed E-state index contributed by atoms with van der Waals surface area (Å²) in [6, 6.07) is 13.6. The first-order chi connectivity index (χ1) is 12.1. The highest BCUT2D eigenvalue weighted by molar-refractivity contribution is 5.78. The van der Waals surface area contributed by atoms with Gasteiger partial charge in [-0.1, -0.05) is 30.3 Å². The van der Waals surface area contributed by atoms with Crippen molar-refractivity contribution >= 4 is 11.7 Å². The predicted octanol–water partition coefficient (Wildman–Crippen LogP) is 2.16. The summed E-state index contributed by atoms with van der Waals surface area (Å²) in [5.74, 6) is 1.44. The minimum Gasteiger partial charge on any atom is -0.471 e. The van der Waals surface area contributed by atoms with Crippen LogP contribution in [0.4, 0.5) is 5.82 Å². The van der Waals surface area contributed by atoms with Gasteiger partial charge in [0.25, 0.3) is 0 Å². The van der Waals surface area contributed by atoms with Crippen LogP contribution in [-0.4, -0.2) is 54.3 Å². The molecule has 1 aromatic heterocycles. The fraction of sp³-hybridized carbons (Fsp3) is 0.421. The molecule has 0 N–H and O–H groups in total.